The first-order valence-electron chi connectivity index (χ1n) is 9.16. The second kappa shape index (κ2) is 7.26. The Hall–Kier alpha value is -3.48. The van der Waals surface area contributed by atoms with Crippen LogP contribution < -0.4 is 14.4 Å². The molecule has 1 aliphatic heterocycles. The molecule has 7 heteroatoms. The van der Waals surface area contributed by atoms with Crippen molar-refractivity contribution in [1.82, 2.24) is 9.97 Å². The Balaban J connectivity index is 1.64. The smallest absolute Gasteiger partial charge is 0.145 e. The van der Waals surface area contributed by atoms with E-state index in [1.807, 2.05) is 42.5 Å². The largest absolute Gasteiger partial charge is 0.509 e. The molecule has 3 aromatic rings. The number of nitrogens with zero attached hydrogens (tertiary/aromatic N) is 2. The molecule has 0 atom stereocenters. The Morgan fingerprint density at radius 3 is 2.86 bits per heavy atom. The van der Waals surface area contributed by atoms with Crippen LogP contribution >= 0.6 is 0 Å². The normalized spacial score (nSPS) is 14.2. The highest BCUT2D eigenvalue weighted by Crippen LogP contribution is 2.32. The van der Waals surface area contributed by atoms with Crippen LogP contribution in [0.5, 0.6) is 11.5 Å². The Labute approximate surface area is 162 Å². The van der Waals surface area contributed by atoms with Gasteiger partial charge in [0.15, 0.2) is 0 Å². The summed E-state index contributed by atoms with van der Waals surface area (Å²) >= 11 is 0. The van der Waals surface area contributed by atoms with Crippen LogP contribution in [-0.2, 0) is 0 Å². The Kier molecular flexibility index (Phi) is 4.65. The number of fused-ring (bicyclic) bond motifs is 1. The average molecular weight is 378 g/mol. The summed E-state index contributed by atoms with van der Waals surface area (Å²) in [6, 6.07) is 13.1. The lowest BCUT2D eigenvalue weighted by atomic mass is 10.2. The fourth-order valence-electron chi connectivity index (χ4n) is 3.24. The molecule has 0 saturated heterocycles. The van der Waals surface area contributed by atoms with Crippen molar-refractivity contribution in [2.45, 2.75) is 13.3 Å². The molecule has 2 heterocycles. The van der Waals surface area contributed by atoms with Gasteiger partial charge in [-0.3, -0.25) is 5.41 Å². The molecule has 0 amide bonds. The minimum absolute atomic E-state index is 0.107. The van der Waals surface area contributed by atoms with Gasteiger partial charge >= 0.3 is 0 Å². The van der Waals surface area contributed by atoms with Crippen LogP contribution in [0, 0.1) is 5.41 Å². The predicted molar refractivity (Wildman–Crippen MR) is 109 cm³/mol. The van der Waals surface area contributed by atoms with E-state index < -0.39 is 0 Å². The van der Waals surface area contributed by atoms with Crippen molar-refractivity contribution in [1.29, 1.82) is 5.41 Å². The number of hydrogen-bond acceptors (Lipinski definition) is 5. The lowest BCUT2D eigenvalue weighted by molar-refractivity contribution is 0.317. The summed E-state index contributed by atoms with van der Waals surface area (Å²) in [4.78, 5) is 9.45. The third-order valence-electron chi connectivity index (χ3n) is 4.63. The molecule has 7 nitrogen and oxygen atoms in total. The highest BCUT2D eigenvalue weighted by molar-refractivity contribution is 6.30. The molecule has 3 N–H and O–H groups in total. The van der Waals surface area contributed by atoms with Crippen molar-refractivity contribution in [2.24, 2.45) is 0 Å². The van der Waals surface area contributed by atoms with Crippen LogP contribution in [0.15, 0.2) is 48.2 Å². The molecule has 0 radical (unpaired) electrons. The van der Waals surface area contributed by atoms with E-state index in [-0.39, 0.29) is 18.1 Å². The molecule has 4 rings (SSSR count). The molecular formula is C21H22N4O3. The van der Waals surface area contributed by atoms with Crippen molar-refractivity contribution in [3.05, 3.63) is 54.0 Å². The molecule has 144 valence electrons. The Morgan fingerprint density at radius 2 is 2.07 bits per heavy atom. The Bertz CT molecular complexity index is 1070. The molecule has 0 unspecified atom stereocenters. The zero-order chi connectivity index (χ0) is 19.7. The van der Waals surface area contributed by atoms with Gasteiger partial charge in [0.1, 0.15) is 28.9 Å². The molecule has 0 spiro atoms. The number of amidine groups is 1. The van der Waals surface area contributed by atoms with Gasteiger partial charge < -0.3 is 24.5 Å². The van der Waals surface area contributed by atoms with Crippen molar-refractivity contribution in [3.8, 4) is 11.5 Å². The first-order valence-corrected chi connectivity index (χ1v) is 9.16. The van der Waals surface area contributed by atoms with E-state index in [9.17, 15) is 5.11 Å². The van der Waals surface area contributed by atoms with Gasteiger partial charge in [-0.25, -0.2) is 4.98 Å². The molecule has 1 aliphatic rings. The standard InChI is InChI=1S/C21H22N4O3/c1-3-9-28-15-6-4-5-13(10-15)25-12-18(26)19(20(25)22)21-23-16-8-7-14(27-2)11-17(16)24-21/h4-8,10-11,22,26H,3,9,12H2,1-2H3,(H,23,24). The Morgan fingerprint density at radius 1 is 1.21 bits per heavy atom. The number of methoxy groups -OCH3 is 1. The zero-order valence-corrected chi connectivity index (χ0v) is 15.8. The van der Waals surface area contributed by atoms with Gasteiger partial charge in [0, 0.05) is 17.8 Å². The topological polar surface area (TPSA) is 94.5 Å². The van der Waals surface area contributed by atoms with Crippen molar-refractivity contribution < 1.29 is 14.6 Å². The number of anilines is 1. The molecule has 0 aliphatic carbocycles. The zero-order valence-electron chi connectivity index (χ0n) is 15.8. The van der Waals surface area contributed by atoms with Crippen LogP contribution in [0.3, 0.4) is 0 Å². The second-order valence-electron chi connectivity index (χ2n) is 6.57. The van der Waals surface area contributed by atoms with Gasteiger partial charge in [0.25, 0.3) is 0 Å². The van der Waals surface area contributed by atoms with Crippen LogP contribution in [0.1, 0.15) is 19.2 Å². The SMILES string of the molecule is CCCOc1cccc(N2CC(O)=C(c3nc4ccc(OC)cc4[nH]3)C2=N)c1. The summed E-state index contributed by atoms with van der Waals surface area (Å²) in [6.45, 7) is 2.90. The van der Waals surface area contributed by atoms with Crippen LogP contribution in [0.4, 0.5) is 5.69 Å². The maximum atomic E-state index is 10.6. The lowest BCUT2D eigenvalue weighted by Crippen LogP contribution is -2.26. The van der Waals surface area contributed by atoms with Crippen molar-refractivity contribution in [3.63, 3.8) is 0 Å². The van der Waals surface area contributed by atoms with E-state index >= 15 is 0 Å². The first kappa shape index (κ1) is 17.9. The number of aromatic nitrogens is 2. The number of rotatable bonds is 6. The fourth-order valence-corrected chi connectivity index (χ4v) is 3.24. The number of H-pyrrole nitrogens is 1. The number of aliphatic hydroxyl groups excluding tert-OH is 1. The predicted octanol–water partition coefficient (Wildman–Crippen LogP) is 4.13. The van der Waals surface area contributed by atoms with Crippen LogP contribution in [-0.4, -0.2) is 41.2 Å². The maximum Gasteiger partial charge on any atom is 0.145 e. The quantitative estimate of drug-likeness (QED) is 0.600. The van der Waals surface area contributed by atoms with Gasteiger partial charge in [0.05, 0.1) is 36.9 Å². The van der Waals surface area contributed by atoms with Gasteiger partial charge in [-0.15, -0.1) is 0 Å². The van der Waals surface area contributed by atoms with Crippen molar-refractivity contribution in [2.75, 3.05) is 25.2 Å². The van der Waals surface area contributed by atoms with E-state index in [1.54, 1.807) is 12.0 Å². The number of aliphatic hydroxyl groups is 1. The summed E-state index contributed by atoms with van der Waals surface area (Å²) in [6.07, 6.45) is 0.924. The molecule has 0 fully saturated rings. The molecule has 1 aromatic heterocycles. The van der Waals surface area contributed by atoms with Gasteiger partial charge in [0.2, 0.25) is 0 Å². The minimum atomic E-state index is 0.107. The molecule has 28 heavy (non-hydrogen) atoms. The van der Waals surface area contributed by atoms with E-state index in [0.29, 0.717) is 23.8 Å². The number of aromatic amines is 1. The van der Waals surface area contributed by atoms with Gasteiger partial charge in [-0.2, -0.15) is 0 Å². The molecule has 2 aromatic carbocycles. The number of benzene rings is 2. The molecule has 0 bridgehead atoms. The fraction of sp³-hybridized carbons (Fsp3) is 0.238. The van der Waals surface area contributed by atoms with E-state index in [0.717, 1.165) is 28.9 Å². The number of hydrogen-bond donors (Lipinski definition) is 3. The maximum absolute atomic E-state index is 10.6. The van der Waals surface area contributed by atoms with Crippen LogP contribution in [0.25, 0.3) is 16.6 Å². The lowest BCUT2D eigenvalue weighted by Gasteiger charge is -2.19. The second-order valence-corrected chi connectivity index (χ2v) is 6.57. The van der Waals surface area contributed by atoms with Gasteiger partial charge in [-0.1, -0.05) is 13.0 Å². The molecular weight excluding hydrogens is 356 g/mol. The van der Waals surface area contributed by atoms with E-state index in [4.69, 9.17) is 14.9 Å². The molecule has 0 saturated carbocycles. The number of imidazole rings is 1. The average Bonchev–Trinajstić information content (AvgIpc) is 3.25. The number of ether oxygens (including phenoxy) is 2. The van der Waals surface area contributed by atoms with E-state index in [1.165, 1.54) is 0 Å². The third kappa shape index (κ3) is 3.15. The summed E-state index contributed by atoms with van der Waals surface area (Å²) in [5.41, 5.74) is 2.72. The highest BCUT2D eigenvalue weighted by Gasteiger charge is 2.31. The third-order valence-corrected chi connectivity index (χ3v) is 4.63. The summed E-state index contributed by atoms with van der Waals surface area (Å²) in [7, 11) is 1.61. The summed E-state index contributed by atoms with van der Waals surface area (Å²) < 4.78 is 10.9. The number of nitrogens with one attached hydrogen (secondary N) is 2. The summed E-state index contributed by atoms with van der Waals surface area (Å²) in [5, 5.41) is 19.2. The minimum Gasteiger partial charge on any atom is -0.509 e. The first-order chi connectivity index (χ1) is 13.6. The van der Waals surface area contributed by atoms with Crippen molar-refractivity contribution >= 4 is 28.1 Å². The van der Waals surface area contributed by atoms with E-state index in [2.05, 4.69) is 16.9 Å². The van der Waals surface area contributed by atoms with Crippen LogP contribution in [0.2, 0.25) is 0 Å². The summed E-state index contributed by atoms with van der Waals surface area (Å²) in [5.74, 6) is 2.22. The van der Waals surface area contributed by atoms with Gasteiger partial charge in [-0.05, 0) is 30.7 Å². The highest BCUT2D eigenvalue weighted by atomic mass is 16.5. The monoisotopic (exact) mass is 378 g/mol.